The molecule has 0 spiro atoms. The van der Waals surface area contributed by atoms with Gasteiger partial charge >= 0.3 is 0 Å². The molecule has 3 rings (SSSR count). The van der Waals surface area contributed by atoms with Gasteiger partial charge in [0.05, 0.1) is 0 Å². The third-order valence-electron chi connectivity index (χ3n) is 3.59. The molecule has 1 amide bonds. The Kier molecular flexibility index (Phi) is 3.14. The maximum atomic E-state index is 12.9. The van der Waals surface area contributed by atoms with Crippen LogP contribution in [0.5, 0.6) is 0 Å². The first-order valence-electron chi connectivity index (χ1n) is 6.55. The Morgan fingerprint density at radius 1 is 1.15 bits per heavy atom. The summed E-state index contributed by atoms with van der Waals surface area (Å²) >= 11 is 0. The van der Waals surface area contributed by atoms with Crippen molar-refractivity contribution in [2.45, 2.75) is 13.0 Å². The zero-order valence-electron chi connectivity index (χ0n) is 11.0. The first kappa shape index (κ1) is 12.7. The minimum absolute atomic E-state index is 0.0112. The van der Waals surface area contributed by atoms with Gasteiger partial charge in [-0.1, -0.05) is 18.2 Å². The largest absolute Gasteiger partial charge is 0.399 e. The van der Waals surface area contributed by atoms with Gasteiger partial charge < -0.3 is 10.6 Å². The average Bonchev–Trinajstić information content (AvgIpc) is 2.45. The number of amides is 1. The molecule has 0 atom stereocenters. The van der Waals surface area contributed by atoms with E-state index in [2.05, 4.69) is 0 Å². The van der Waals surface area contributed by atoms with Gasteiger partial charge in [-0.25, -0.2) is 4.39 Å². The van der Waals surface area contributed by atoms with E-state index in [1.54, 1.807) is 23.1 Å². The van der Waals surface area contributed by atoms with Crippen molar-refractivity contribution in [3.63, 3.8) is 0 Å². The number of nitrogens with zero attached hydrogens (tertiary/aromatic N) is 1. The van der Waals surface area contributed by atoms with Crippen LogP contribution in [0.2, 0.25) is 0 Å². The fraction of sp³-hybridized carbons (Fsp3) is 0.188. The SMILES string of the molecule is Nc1ccc2c(c1)C(=O)N(Cc1ccc(F)cc1)CC2. The highest BCUT2D eigenvalue weighted by Crippen LogP contribution is 2.22. The first-order valence-corrected chi connectivity index (χ1v) is 6.55. The highest BCUT2D eigenvalue weighted by atomic mass is 19.1. The smallest absolute Gasteiger partial charge is 0.254 e. The summed E-state index contributed by atoms with van der Waals surface area (Å²) in [6.45, 7) is 1.17. The summed E-state index contributed by atoms with van der Waals surface area (Å²) in [5.74, 6) is -0.278. The van der Waals surface area contributed by atoms with E-state index in [1.807, 2.05) is 12.1 Å². The minimum Gasteiger partial charge on any atom is -0.399 e. The standard InChI is InChI=1S/C16H15FN2O/c17-13-4-1-11(2-5-13)10-19-8-7-12-3-6-14(18)9-15(12)16(19)20/h1-6,9H,7-8,10,18H2. The van der Waals surface area contributed by atoms with Crippen molar-refractivity contribution in [3.8, 4) is 0 Å². The molecule has 0 saturated carbocycles. The average molecular weight is 270 g/mol. The second-order valence-corrected chi connectivity index (χ2v) is 5.02. The molecule has 2 aromatic carbocycles. The molecule has 0 aromatic heterocycles. The third kappa shape index (κ3) is 2.37. The summed E-state index contributed by atoms with van der Waals surface area (Å²) in [7, 11) is 0. The quantitative estimate of drug-likeness (QED) is 0.853. The number of benzene rings is 2. The van der Waals surface area contributed by atoms with Crippen molar-refractivity contribution in [1.82, 2.24) is 4.90 Å². The van der Waals surface area contributed by atoms with Crippen LogP contribution in [-0.2, 0) is 13.0 Å². The molecule has 0 unspecified atom stereocenters. The summed E-state index contributed by atoms with van der Waals surface area (Å²) in [5.41, 5.74) is 8.99. The van der Waals surface area contributed by atoms with Gasteiger partial charge in [0.25, 0.3) is 5.91 Å². The van der Waals surface area contributed by atoms with E-state index in [0.717, 1.165) is 17.5 Å². The van der Waals surface area contributed by atoms with Gasteiger partial charge in [-0.2, -0.15) is 0 Å². The predicted octanol–water partition coefficient (Wildman–Crippen LogP) is 2.61. The number of carbonyl (C=O) groups excluding carboxylic acids is 1. The molecule has 4 heteroatoms. The number of hydrogen-bond donors (Lipinski definition) is 1. The van der Waals surface area contributed by atoms with Crippen molar-refractivity contribution in [3.05, 3.63) is 65.0 Å². The second kappa shape index (κ2) is 4.96. The van der Waals surface area contributed by atoms with Crippen molar-refractivity contribution < 1.29 is 9.18 Å². The summed E-state index contributed by atoms with van der Waals surface area (Å²) < 4.78 is 12.9. The monoisotopic (exact) mass is 270 g/mol. The molecular formula is C16H15FN2O. The molecule has 3 nitrogen and oxygen atoms in total. The lowest BCUT2D eigenvalue weighted by Crippen LogP contribution is -2.37. The molecule has 0 saturated heterocycles. The van der Waals surface area contributed by atoms with Gasteiger partial charge in [0.2, 0.25) is 0 Å². The molecule has 2 N–H and O–H groups in total. The van der Waals surface area contributed by atoms with E-state index in [0.29, 0.717) is 24.3 Å². The van der Waals surface area contributed by atoms with Crippen molar-refractivity contribution in [1.29, 1.82) is 0 Å². The Morgan fingerprint density at radius 3 is 2.65 bits per heavy atom. The maximum absolute atomic E-state index is 12.9. The number of nitrogen functional groups attached to an aromatic ring is 1. The number of hydrogen-bond acceptors (Lipinski definition) is 2. The van der Waals surface area contributed by atoms with E-state index in [9.17, 15) is 9.18 Å². The number of halogens is 1. The highest BCUT2D eigenvalue weighted by molar-refractivity contribution is 5.97. The normalized spacial score (nSPS) is 14.2. The Labute approximate surface area is 116 Å². The van der Waals surface area contributed by atoms with Crippen molar-refractivity contribution in [2.24, 2.45) is 0 Å². The third-order valence-corrected chi connectivity index (χ3v) is 3.59. The Hall–Kier alpha value is -2.36. The van der Waals surface area contributed by atoms with E-state index >= 15 is 0 Å². The lowest BCUT2D eigenvalue weighted by Gasteiger charge is -2.28. The molecule has 1 aliphatic heterocycles. The van der Waals surface area contributed by atoms with E-state index in [1.165, 1.54) is 12.1 Å². The van der Waals surface area contributed by atoms with Crippen molar-refractivity contribution >= 4 is 11.6 Å². The van der Waals surface area contributed by atoms with Crippen LogP contribution in [0, 0.1) is 5.82 Å². The molecule has 102 valence electrons. The molecular weight excluding hydrogens is 255 g/mol. The van der Waals surface area contributed by atoms with Gasteiger partial charge in [0.15, 0.2) is 0 Å². The fourth-order valence-electron chi connectivity index (χ4n) is 2.50. The molecule has 1 aliphatic rings. The van der Waals surface area contributed by atoms with Gasteiger partial charge in [-0.05, 0) is 41.8 Å². The van der Waals surface area contributed by atoms with Gasteiger partial charge in [-0.3, -0.25) is 4.79 Å². The summed E-state index contributed by atoms with van der Waals surface area (Å²) in [6.07, 6.45) is 0.822. The Bertz CT molecular complexity index is 652. The van der Waals surface area contributed by atoms with Gasteiger partial charge in [-0.15, -0.1) is 0 Å². The molecule has 0 aliphatic carbocycles. The molecule has 1 heterocycles. The van der Waals surface area contributed by atoms with Crippen LogP contribution in [0.3, 0.4) is 0 Å². The number of nitrogens with two attached hydrogens (primary N) is 1. The molecule has 0 radical (unpaired) electrons. The van der Waals surface area contributed by atoms with E-state index < -0.39 is 0 Å². The predicted molar refractivity (Wildman–Crippen MR) is 75.7 cm³/mol. The first-order chi connectivity index (χ1) is 9.63. The van der Waals surface area contributed by atoms with Crippen LogP contribution < -0.4 is 5.73 Å². The van der Waals surface area contributed by atoms with Crippen LogP contribution >= 0.6 is 0 Å². The second-order valence-electron chi connectivity index (χ2n) is 5.02. The zero-order chi connectivity index (χ0) is 14.1. The van der Waals surface area contributed by atoms with Crippen LogP contribution in [0.4, 0.5) is 10.1 Å². The Balaban J connectivity index is 1.83. The molecule has 0 bridgehead atoms. The fourth-order valence-corrected chi connectivity index (χ4v) is 2.50. The van der Waals surface area contributed by atoms with E-state index in [-0.39, 0.29) is 11.7 Å². The van der Waals surface area contributed by atoms with Gasteiger partial charge in [0.1, 0.15) is 5.82 Å². The summed E-state index contributed by atoms with van der Waals surface area (Å²) in [4.78, 5) is 14.2. The van der Waals surface area contributed by atoms with Crippen LogP contribution in [-0.4, -0.2) is 17.4 Å². The molecule has 2 aromatic rings. The van der Waals surface area contributed by atoms with Crippen LogP contribution in [0.1, 0.15) is 21.5 Å². The van der Waals surface area contributed by atoms with Crippen LogP contribution in [0.25, 0.3) is 0 Å². The van der Waals surface area contributed by atoms with Gasteiger partial charge in [0, 0.05) is 24.3 Å². The lowest BCUT2D eigenvalue weighted by molar-refractivity contribution is 0.0727. The number of fused-ring (bicyclic) bond motifs is 1. The topological polar surface area (TPSA) is 46.3 Å². The summed E-state index contributed by atoms with van der Waals surface area (Å²) in [6, 6.07) is 11.7. The Morgan fingerprint density at radius 2 is 1.90 bits per heavy atom. The number of anilines is 1. The van der Waals surface area contributed by atoms with Crippen LogP contribution in [0.15, 0.2) is 42.5 Å². The summed E-state index contributed by atoms with van der Waals surface area (Å²) in [5, 5.41) is 0. The highest BCUT2D eigenvalue weighted by Gasteiger charge is 2.24. The molecule has 0 fully saturated rings. The number of rotatable bonds is 2. The van der Waals surface area contributed by atoms with Crippen molar-refractivity contribution in [2.75, 3.05) is 12.3 Å². The minimum atomic E-state index is -0.267. The van der Waals surface area contributed by atoms with E-state index in [4.69, 9.17) is 5.73 Å². The lowest BCUT2D eigenvalue weighted by atomic mass is 9.98. The number of carbonyl (C=O) groups is 1. The maximum Gasteiger partial charge on any atom is 0.254 e. The molecule has 20 heavy (non-hydrogen) atoms. The zero-order valence-corrected chi connectivity index (χ0v) is 11.0.